The molecule has 3 heteroatoms. The molecule has 92 valence electrons. The van der Waals surface area contributed by atoms with Crippen molar-refractivity contribution in [3.8, 4) is 5.75 Å². The number of hydrogen-bond acceptors (Lipinski definition) is 3. The van der Waals surface area contributed by atoms with E-state index in [0.717, 1.165) is 18.0 Å². The van der Waals surface area contributed by atoms with Gasteiger partial charge in [-0.05, 0) is 36.1 Å². The van der Waals surface area contributed by atoms with Gasteiger partial charge in [0.25, 0.3) is 0 Å². The summed E-state index contributed by atoms with van der Waals surface area (Å²) < 4.78 is 5.72. The molecule has 0 radical (unpaired) electrons. The first-order chi connectivity index (χ1) is 8.15. The number of nitrogens with one attached hydrogen (secondary N) is 1. The molecule has 3 nitrogen and oxygen atoms in total. The van der Waals surface area contributed by atoms with Crippen molar-refractivity contribution in [3.63, 3.8) is 0 Å². The summed E-state index contributed by atoms with van der Waals surface area (Å²) in [5.74, 6) is 2.24. The van der Waals surface area contributed by atoms with Crippen LogP contribution in [-0.2, 0) is 0 Å². The van der Waals surface area contributed by atoms with Crippen molar-refractivity contribution in [1.29, 1.82) is 0 Å². The van der Waals surface area contributed by atoms with Crippen LogP contribution in [0.15, 0.2) is 36.2 Å². The first-order valence-electron chi connectivity index (χ1n) is 6.10. The van der Waals surface area contributed by atoms with E-state index in [2.05, 4.69) is 31.3 Å². The van der Waals surface area contributed by atoms with Crippen molar-refractivity contribution in [1.82, 2.24) is 5.32 Å². The minimum atomic E-state index is 0.305. The fourth-order valence-corrected chi connectivity index (χ4v) is 1.88. The van der Waals surface area contributed by atoms with Gasteiger partial charge in [-0.2, -0.15) is 0 Å². The summed E-state index contributed by atoms with van der Waals surface area (Å²) in [6.07, 6.45) is 2.94. The molecule has 0 aliphatic carbocycles. The zero-order valence-corrected chi connectivity index (χ0v) is 10.4. The third kappa shape index (κ3) is 3.16. The highest BCUT2D eigenvalue weighted by Gasteiger charge is 2.14. The van der Waals surface area contributed by atoms with E-state index in [1.807, 2.05) is 18.2 Å². The Balaban J connectivity index is 1.83. The summed E-state index contributed by atoms with van der Waals surface area (Å²) in [4.78, 5) is 0. The van der Waals surface area contributed by atoms with Crippen LogP contribution in [0, 0.1) is 0 Å². The second-order valence-corrected chi connectivity index (χ2v) is 4.77. The van der Waals surface area contributed by atoms with Crippen LogP contribution in [0.3, 0.4) is 0 Å². The average Bonchev–Trinajstić information content (AvgIpc) is 2.73. The molecule has 1 unspecified atom stereocenters. The van der Waals surface area contributed by atoms with E-state index < -0.39 is 0 Å². The lowest BCUT2D eigenvalue weighted by Gasteiger charge is -2.14. The second-order valence-electron chi connectivity index (χ2n) is 4.77. The van der Waals surface area contributed by atoms with E-state index in [1.165, 1.54) is 5.56 Å². The SMILES string of the molecule is CC(C)c1ccc(OCC2CC=C(N)N2)cc1. The van der Waals surface area contributed by atoms with Gasteiger partial charge >= 0.3 is 0 Å². The normalized spacial score (nSPS) is 19.0. The highest BCUT2D eigenvalue weighted by Crippen LogP contribution is 2.19. The summed E-state index contributed by atoms with van der Waals surface area (Å²) >= 11 is 0. The minimum absolute atomic E-state index is 0.305. The Morgan fingerprint density at radius 3 is 2.59 bits per heavy atom. The molecule has 2 rings (SSSR count). The third-order valence-electron chi connectivity index (χ3n) is 2.99. The number of benzene rings is 1. The Kier molecular flexibility index (Phi) is 3.57. The maximum Gasteiger partial charge on any atom is 0.119 e. The van der Waals surface area contributed by atoms with Crippen LogP contribution in [0.2, 0.25) is 0 Å². The lowest BCUT2D eigenvalue weighted by atomic mass is 10.0. The van der Waals surface area contributed by atoms with Gasteiger partial charge in [-0.15, -0.1) is 0 Å². The van der Waals surface area contributed by atoms with E-state index in [-0.39, 0.29) is 0 Å². The van der Waals surface area contributed by atoms with Gasteiger partial charge in [-0.3, -0.25) is 0 Å². The lowest BCUT2D eigenvalue weighted by molar-refractivity contribution is 0.278. The predicted octanol–water partition coefficient (Wildman–Crippen LogP) is 2.35. The highest BCUT2D eigenvalue weighted by molar-refractivity contribution is 5.29. The molecule has 1 heterocycles. The van der Waals surface area contributed by atoms with Crippen LogP contribution in [0.1, 0.15) is 31.7 Å². The number of rotatable bonds is 4. The van der Waals surface area contributed by atoms with Crippen LogP contribution in [0.4, 0.5) is 0 Å². The first-order valence-corrected chi connectivity index (χ1v) is 6.10. The molecule has 1 atom stereocenters. The average molecular weight is 232 g/mol. The first kappa shape index (κ1) is 11.8. The largest absolute Gasteiger partial charge is 0.491 e. The van der Waals surface area contributed by atoms with E-state index >= 15 is 0 Å². The molecule has 3 N–H and O–H groups in total. The summed E-state index contributed by atoms with van der Waals surface area (Å²) in [5.41, 5.74) is 6.98. The van der Waals surface area contributed by atoms with Crippen molar-refractivity contribution in [2.75, 3.05) is 6.61 Å². The van der Waals surface area contributed by atoms with Crippen molar-refractivity contribution in [2.45, 2.75) is 32.2 Å². The molecule has 0 saturated heterocycles. The van der Waals surface area contributed by atoms with Crippen LogP contribution in [0.5, 0.6) is 5.75 Å². The fraction of sp³-hybridized carbons (Fsp3) is 0.429. The van der Waals surface area contributed by atoms with Crippen LogP contribution < -0.4 is 15.8 Å². The Labute approximate surface area is 103 Å². The number of hydrogen-bond donors (Lipinski definition) is 2. The molecular weight excluding hydrogens is 212 g/mol. The van der Waals surface area contributed by atoms with Gasteiger partial charge in [0.1, 0.15) is 12.4 Å². The Bertz CT molecular complexity index is 395. The number of ether oxygens (including phenoxy) is 1. The van der Waals surface area contributed by atoms with Crippen LogP contribution >= 0.6 is 0 Å². The zero-order chi connectivity index (χ0) is 12.3. The third-order valence-corrected chi connectivity index (χ3v) is 2.99. The smallest absolute Gasteiger partial charge is 0.119 e. The maximum absolute atomic E-state index is 5.72. The molecule has 1 aromatic carbocycles. The van der Waals surface area contributed by atoms with Gasteiger partial charge in [0.15, 0.2) is 0 Å². The van der Waals surface area contributed by atoms with Gasteiger partial charge in [0.2, 0.25) is 0 Å². The zero-order valence-electron chi connectivity index (χ0n) is 10.4. The Hall–Kier alpha value is -1.64. The summed E-state index contributed by atoms with van der Waals surface area (Å²) in [6, 6.07) is 8.60. The van der Waals surface area contributed by atoms with E-state index in [1.54, 1.807) is 0 Å². The van der Waals surface area contributed by atoms with Gasteiger partial charge < -0.3 is 15.8 Å². The molecule has 0 spiro atoms. The van der Waals surface area contributed by atoms with Crippen molar-refractivity contribution in [2.24, 2.45) is 5.73 Å². The second kappa shape index (κ2) is 5.13. The molecule has 0 aromatic heterocycles. The monoisotopic (exact) mass is 232 g/mol. The standard InChI is InChI=1S/C14H20N2O/c1-10(2)11-3-6-13(7-4-11)17-9-12-5-8-14(15)16-12/h3-4,6-8,10,12,16H,5,9,15H2,1-2H3. The minimum Gasteiger partial charge on any atom is -0.491 e. The Morgan fingerprint density at radius 1 is 1.35 bits per heavy atom. The molecule has 1 aliphatic rings. The summed E-state index contributed by atoms with van der Waals surface area (Å²) in [5, 5.41) is 3.17. The van der Waals surface area contributed by atoms with Gasteiger partial charge in [-0.1, -0.05) is 26.0 Å². The lowest BCUT2D eigenvalue weighted by Crippen LogP contribution is -2.31. The molecule has 0 amide bonds. The molecule has 1 aromatic rings. The predicted molar refractivity (Wildman–Crippen MR) is 69.8 cm³/mol. The van der Waals surface area contributed by atoms with Gasteiger partial charge in [0, 0.05) is 0 Å². The van der Waals surface area contributed by atoms with Crippen LogP contribution in [0.25, 0.3) is 0 Å². The van der Waals surface area contributed by atoms with Gasteiger partial charge in [-0.25, -0.2) is 0 Å². The summed E-state index contributed by atoms with van der Waals surface area (Å²) in [7, 11) is 0. The van der Waals surface area contributed by atoms with Gasteiger partial charge in [0.05, 0.1) is 11.9 Å². The Morgan fingerprint density at radius 2 is 2.06 bits per heavy atom. The van der Waals surface area contributed by atoms with E-state index in [4.69, 9.17) is 10.5 Å². The molecular formula is C14H20N2O. The maximum atomic E-state index is 5.72. The van der Waals surface area contributed by atoms with Crippen molar-refractivity contribution < 1.29 is 4.74 Å². The molecule has 0 fully saturated rings. The van der Waals surface area contributed by atoms with Crippen molar-refractivity contribution in [3.05, 3.63) is 41.7 Å². The van der Waals surface area contributed by atoms with E-state index in [0.29, 0.717) is 18.6 Å². The topological polar surface area (TPSA) is 47.3 Å². The van der Waals surface area contributed by atoms with E-state index in [9.17, 15) is 0 Å². The number of nitrogens with two attached hydrogens (primary N) is 1. The highest BCUT2D eigenvalue weighted by atomic mass is 16.5. The summed E-state index contributed by atoms with van der Waals surface area (Å²) in [6.45, 7) is 5.03. The fourth-order valence-electron chi connectivity index (χ4n) is 1.88. The van der Waals surface area contributed by atoms with Crippen molar-refractivity contribution >= 4 is 0 Å². The molecule has 17 heavy (non-hydrogen) atoms. The molecule has 0 saturated carbocycles. The molecule has 0 bridgehead atoms. The van der Waals surface area contributed by atoms with Crippen LogP contribution in [-0.4, -0.2) is 12.6 Å². The quantitative estimate of drug-likeness (QED) is 0.837. The molecule has 1 aliphatic heterocycles.